The third kappa shape index (κ3) is 3.09. The second kappa shape index (κ2) is 4.71. The molecule has 0 fully saturated rings. The zero-order chi connectivity index (χ0) is 13.3. The lowest BCUT2D eigenvalue weighted by Gasteiger charge is -2.28. The Kier molecular flexibility index (Phi) is 3.42. The maximum Gasteiger partial charge on any atom is 0.156 e. The van der Waals surface area contributed by atoms with Crippen LogP contribution in [0.1, 0.15) is 52.3 Å². The van der Waals surface area contributed by atoms with Crippen LogP contribution in [0.15, 0.2) is 23.9 Å². The predicted octanol–water partition coefficient (Wildman–Crippen LogP) is 3.32. The third-order valence-corrected chi connectivity index (χ3v) is 3.32. The Balaban J connectivity index is 2.11. The molecule has 1 heterocycles. The van der Waals surface area contributed by atoms with E-state index in [1.165, 1.54) is 5.57 Å². The van der Waals surface area contributed by atoms with Crippen LogP contribution in [-0.2, 0) is 11.2 Å². The molecule has 0 radical (unpaired) electrons. The minimum Gasteiger partial charge on any atom is -0.295 e. The molecule has 3 heteroatoms. The summed E-state index contributed by atoms with van der Waals surface area (Å²) in [5.41, 5.74) is 2.37. The SMILES string of the molecule is CC(C)n1ccc(CC2=CC(=O)CC(C)(C)C2)n1. The van der Waals surface area contributed by atoms with E-state index in [4.69, 9.17) is 0 Å². The molecule has 2 rings (SSSR count). The van der Waals surface area contributed by atoms with Crippen LogP contribution in [0.5, 0.6) is 0 Å². The summed E-state index contributed by atoms with van der Waals surface area (Å²) in [5.74, 6) is 0.254. The lowest BCUT2D eigenvalue weighted by molar-refractivity contribution is -0.117. The summed E-state index contributed by atoms with van der Waals surface area (Å²) in [5, 5.41) is 4.54. The lowest BCUT2D eigenvalue weighted by Crippen LogP contribution is -2.22. The van der Waals surface area contributed by atoms with Gasteiger partial charge in [0.25, 0.3) is 0 Å². The highest BCUT2D eigenvalue weighted by molar-refractivity contribution is 5.91. The van der Waals surface area contributed by atoms with Gasteiger partial charge in [0.1, 0.15) is 0 Å². The largest absolute Gasteiger partial charge is 0.295 e. The second-order valence-corrected chi connectivity index (χ2v) is 6.34. The zero-order valence-corrected chi connectivity index (χ0v) is 11.7. The summed E-state index contributed by atoms with van der Waals surface area (Å²) in [6, 6.07) is 2.43. The summed E-state index contributed by atoms with van der Waals surface area (Å²) in [7, 11) is 0. The van der Waals surface area contributed by atoms with Crippen molar-refractivity contribution in [3.8, 4) is 0 Å². The van der Waals surface area contributed by atoms with Gasteiger partial charge in [-0.15, -0.1) is 0 Å². The highest BCUT2D eigenvalue weighted by Crippen LogP contribution is 2.34. The van der Waals surface area contributed by atoms with Crippen molar-refractivity contribution in [2.75, 3.05) is 0 Å². The van der Waals surface area contributed by atoms with E-state index in [0.29, 0.717) is 12.5 Å². The molecule has 0 saturated heterocycles. The van der Waals surface area contributed by atoms with Gasteiger partial charge in [-0.1, -0.05) is 19.4 Å². The fraction of sp³-hybridized carbons (Fsp3) is 0.600. The van der Waals surface area contributed by atoms with Gasteiger partial charge in [0.15, 0.2) is 5.78 Å². The molecule has 98 valence electrons. The molecule has 0 aliphatic heterocycles. The van der Waals surface area contributed by atoms with Gasteiger partial charge in [0, 0.05) is 25.1 Å². The Morgan fingerprint density at radius 2 is 2.11 bits per heavy atom. The Labute approximate surface area is 109 Å². The van der Waals surface area contributed by atoms with E-state index in [1.807, 2.05) is 23.0 Å². The van der Waals surface area contributed by atoms with Crippen LogP contribution in [0.3, 0.4) is 0 Å². The Hall–Kier alpha value is -1.38. The molecule has 1 aromatic heterocycles. The van der Waals surface area contributed by atoms with E-state index in [9.17, 15) is 4.79 Å². The quantitative estimate of drug-likeness (QED) is 0.820. The van der Waals surface area contributed by atoms with Crippen molar-refractivity contribution in [1.29, 1.82) is 0 Å². The summed E-state index contributed by atoms with van der Waals surface area (Å²) < 4.78 is 1.96. The number of nitrogens with zero attached hydrogens (tertiary/aromatic N) is 2. The molecule has 18 heavy (non-hydrogen) atoms. The molecule has 0 spiro atoms. The Morgan fingerprint density at radius 3 is 2.67 bits per heavy atom. The first-order chi connectivity index (χ1) is 8.35. The summed E-state index contributed by atoms with van der Waals surface area (Å²) in [6.45, 7) is 8.54. The first kappa shape index (κ1) is 13.1. The molecule has 1 aliphatic rings. The normalized spacial score (nSPS) is 19.2. The van der Waals surface area contributed by atoms with Crippen LogP contribution < -0.4 is 0 Å². The van der Waals surface area contributed by atoms with Crippen molar-refractivity contribution in [2.24, 2.45) is 5.41 Å². The lowest BCUT2D eigenvalue weighted by atomic mass is 9.76. The van der Waals surface area contributed by atoms with Crippen molar-refractivity contribution in [3.63, 3.8) is 0 Å². The molecule has 1 aromatic rings. The van der Waals surface area contributed by atoms with E-state index >= 15 is 0 Å². The van der Waals surface area contributed by atoms with Gasteiger partial charge in [0.2, 0.25) is 0 Å². The standard InChI is InChI=1S/C15H22N2O/c1-11(2)17-6-5-13(16-17)7-12-8-14(18)10-15(3,4)9-12/h5-6,8,11H,7,9-10H2,1-4H3. The first-order valence-electron chi connectivity index (χ1n) is 6.62. The highest BCUT2D eigenvalue weighted by Gasteiger charge is 2.27. The maximum absolute atomic E-state index is 11.7. The average Bonchev–Trinajstić information content (AvgIpc) is 2.62. The van der Waals surface area contributed by atoms with E-state index in [1.54, 1.807) is 0 Å². The molecule has 0 N–H and O–H groups in total. The fourth-order valence-corrected chi connectivity index (χ4v) is 2.58. The van der Waals surface area contributed by atoms with Gasteiger partial charge in [-0.2, -0.15) is 5.10 Å². The minimum absolute atomic E-state index is 0.0990. The van der Waals surface area contributed by atoms with E-state index < -0.39 is 0 Å². The minimum atomic E-state index is 0.0990. The number of carbonyl (C=O) groups is 1. The number of ketones is 1. The average molecular weight is 246 g/mol. The monoisotopic (exact) mass is 246 g/mol. The number of allylic oxidation sites excluding steroid dienone is 2. The van der Waals surface area contributed by atoms with Crippen LogP contribution in [0.25, 0.3) is 0 Å². The topological polar surface area (TPSA) is 34.9 Å². The molecule has 0 atom stereocenters. The third-order valence-electron chi connectivity index (χ3n) is 3.32. The predicted molar refractivity (Wildman–Crippen MR) is 72.4 cm³/mol. The molecular weight excluding hydrogens is 224 g/mol. The van der Waals surface area contributed by atoms with Crippen molar-refractivity contribution < 1.29 is 4.79 Å². The van der Waals surface area contributed by atoms with Gasteiger partial charge in [-0.3, -0.25) is 9.48 Å². The van der Waals surface area contributed by atoms with Crippen LogP contribution in [-0.4, -0.2) is 15.6 Å². The van der Waals surface area contributed by atoms with Gasteiger partial charge < -0.3 is 0 Å². The molecule has 3 nitrogen and oxygen atoms in total. The summed E-state index contributed by atoms with van der Waals surface area (Å²) in [4.78, 5) is 11.7. The molecule has 0 aromatic carbocycles. The maximum atomic E-state index is 11.7. The Bertz CT molecular complexity index is 480. The van der Waals surface area contributed by atoms with E-state index in [0.717, 1.165) is 18.5 Å². The number of hydrogen-bond donors (Lipinski definition) is 0. The molecule has 0 bridgehead atoms. The van der Waals surface area contributed by atoms with Crippen LogP contribution in [0.4, 0.5) is 0 Å². The smallest absolute Gasteiger partial charge is 0.156 e. The molecule has 1 aliphatic carbocycles. The number of hydrogen-bond acceptors (Lipinski definition) is 2. The van der Waals surface area contributed by atoms with Crippen LogP contribution >= 0.6 is 0 Å². The van der Waals surface area contributed by atoms with Gasteiger partial charge in [-0.25, -0.2) is 0 Å². The summed E-state index contributed by atoms with van der Waals surface area (Å²) in [6.07, 6.45) is 6.29. The zero-order valence-electron chi connectivity index (χ0n) is 11.7. The van der Waals surface area contributed by atoms with Gasteiger partial charge in [0.05, 0.1) is 5.69 Å². The van der Waals surface area contributed by atoms with Gasteiger partial charge >= 0.3 is 0 Å². The number of rotatable bonds is 3. The van der Waals surface area contributed by atoms with Gasteiger partial charge in [-0.05, 0) is 37.8 Å². The van der Waals surface area contributed by atoms with E-state index in [-0.39, 0.29) is 11.2 Å². The van der Waals surface area contributed by atoms with Crippen LogP contribution in [0.2, 0.25) is 0 Å². The second-order valence-electron chi connectivity index (χ2n) is 6.34. The van der Waals surface area contributed by atoms with Crippen molar-refractivity contribution in [2.45, 2.75) is 53.0 Å². The van der Waals surface area contributed by atoms with Crippen LogP contribution in [0, 0.1) is 5.41 Å². The molecular formula is C15H22N2O. The fourth-order valence-electron chi connectivity index (χ4n) is 2.58. The van der Waals surface area contributed by atoms with Crippen molar-refractivity contribution >= 4 is 5.78 Å². The highest BCUT2D eigenvalue weighted by atomic mass is 16.1. The van der Waals surface area contributed by atoms with E-state index in [2.05, 4.69) is 32.8 Å². The van der Waals surface area contributed by atoms with Crippen molar-refractivity contribution in [1.82, 2.24) is 9.78 Å². The van der Waals surface area contributed by atoms with Crippen molar-refractivity contribution in [3.05, 3.63) is 29.6 Å². The molecule has 0 saturated carbocycles. The Morgan fingerprint density at radius 1 is 1.39 bits per heavy atom. The molecule has 0 amide bonds. The summed E-state index contributed by atoms with van der Waals surface area (Å²) >= 11 is 0. The number of aromatic nitrogens is 2. The molecule has 0 unspecified atom stereocenters. The first-order valence-corrected chi connectivity index (χ1v) is 6.62. The number of carbonyl (C=O) groups excluding carboxylic acids is 1.